The maximum atomic E-state index is 13.0. The van der Waals surface area contributed by atoms with Gasteiger partial charge >= 0.3 is 6.03 Å². The SMILES string of the molecule is CCOc1ccc(Cl)c(CC2CCN(CC3CCN(C4CCCCC4)C(=O)N3C)CC2)c1. The summed E-state index contributed by atoms with van der Waals surface area (Å²) < 4.78 is 5.65. The molecule has 1 atom stereocenters. The number of ether oxygens (including phenoxy) is 1. The standard InChI is InChI=1S/C26H40ClN3O2/c1-3-32-24-9-10-25(27)21(18-24)17-20-11-14-29(15-12-20)19-23-13-16-30(26(31)28(23)2)22-7-5-4-6-8-22/h9-10,18,20,22-23H,3-8,11-17,19H2,1-2H3. The maximum Gasteiger partial charge on any atom is 0.320 e. The lowest BCUT2D eigenvalue weighted by atomic mass is 9.89. The number of carbonyl (C=O) groups excluding carboxylic acids is 1. The summed E-state index contributed by atoms with van der Waals surface area (Å²) in [5.41, 5.74) is 1.21. The van der Waals surface area contributed by atoms with Gasteiger partial charge in [-0.25, -0.2) is 4.79 Å². The van der Waals surface area contributed by atoms with Crippen molar-refractivity contribution in [2.45, 2.75) is 76.8 Å². The van der Waals surface area contributed by atoms with E-state index in [9.17, 15) is 4.79 Å². The number of hydrogen-bond donors (Lipinski definition) is 0. The lowest BCUT2D eigenvalue weighted by Gasteiger charge is -2.45. The van der Waals surface area contributed by atoms with Crippen LogP contribution in [0.1, 0.15) is 63.9 Å². The lowest BCUT2D eigenvalue weighted by molar-refractivity contribution is 0.0611. The molecule has 2 aliphatic heterocycles. The fourth-order valence-corrected chi connectivity index (χ4v) is 6.02. The Morgan fingerprint density at radius 3 is 2.50 bits per heavy atom. The van der Waals surface area contributed by atoms with Gasteiger partial charge in [-0.15, -0.1) is 0 Å². The van der Waals surface area contributed by atoms with E-state index < -0.39 is 0 Å². The molecule has 1 unspecified atom stereocenters. The van der Waals surface area contributed by atoms with Crippen LogP contribution in [-0.2, 0) is 6.42 Å². The number of nitrogens with zero attached hydrogens (tertiary/aromatic N) is 3. The molecule has 1 aliphatic carbocycles. The Kier molecular flexibility index (Phi) is 8.22. The number of rotatable bonds is 7. The predicted octanol–water partition coefficient (Wildman–Crippen LogP) is 5.45. The van der Waals surface area contributed by atoms with E-state index >= 15 is 0 Å². The number of carbonyl (C=O) groups is 1. The number of benzene rings is 1. The van der Waals surface area contributed by atoms with Crippen molar-refractivity contribution < 1.29 is 9.53 Å². The summed E-state index contributed by atoms with van der Waals surface area (Å²) in [5.74, 6) is 1.57. The molecular weight excluding hydrogens is 422 g/mol. The number of likely N-dealkylation sites (tertiary alicyclic amines) is 1. The molecule has 1 aromatic rings. The summed E-state index contributed by atoms with van der Waals surface area (Å²) in [6.07, 6.45) is 10.8. The van der Waals surface area contributed by atoms with Crippen molar-refractivity contribution in [2.24, 2.45) is 5.92 Å². The van der Waals surface area contributed by atoms with Crippen LogP contribution in [0.2, 0.25) is 5.02 Å². The Morgan fingerprint density at radius 1 is 1.03 bits per heavy atom. The van der Waals surface area contributed by atoms with Crippen molar-refractivity contribution in [2.75, 3.05) is 39.8 Å². The Bertz CT molecular complexity index is 759. The first-order chi connectivity index (χ1) is 15.5. The molecule has 0 N–H and O–H groups in total. The number of halogens is 1. The highest BCUT2D eigenvalue weighted by molar-refractivity contribution is 6.31. The summed E-state index contributed by atoms with van der Waals surface area (Å²) in [6, 6.07) is 7.10. The van der Waals surface area contributed by atoms with Crippen molar-refractivity contribution >= 4 is 17.6 Å². The van der Waals surface area contributed by atoms with E-state index in [1.165, 1.54) is 50.5 Å². The molecule has 4 rings (SSSR count). The normalized spacial score (nSPS) is 24.2. The molecule has 0 radical (unpaired) electrons. The van der Waals surface area contributed by atoms with Crippen LogP contribution in [0.3, 0.4) is 0 Å². The molecule has 0 aromatic heterocycles. The minimum Gasteiger partial charge on any atom is -0.494 e. The fraction of sp³-hybridized carbons (Fsp3) is 0.731. The van der Waals surface area contributed by atoms with Crippen LogP contribution in [0.4, 0.5) is 4.79 Å². The van der Waals surface area contributed by atoms with E-state index in [4.69, 9.17) is 16.3 Å². The zero-order chi connectivity index (χ0) is 22.5. The van der Waals surface area contributed by atoms with Gasteiger partial charge in [-0.05, 0) is 88.2 Å². The average Bonchev–Trinajstić information content (AvgIpc) is 2.81. The monoisotopic (exact) mass is 461 g/mol. The van der Waals surface area contributed by atoms with Gasteiger partial charge < -0.3 is 19.4 Å². The largest absolute Gasteiger partial charge is 0.494 e. The van der Waals surface area contributed by atoms with Gasteiger partial charge in [0, 0.05) is 37.2 Å². The molecule has 2 heterocycles. The Labute approximate surface area is 199 Å². The number of amides is 2. The van der Waals surface area contributed by atoms with Crippen LogP contribution < -0.4 is 4.74 Å². The highest BCUT2D eigenvalue weighted by Gasteiger charge is 2.36. The van der Waals surface area contributed by atoms with E-state index in [1.54, 1.807) is 0 Å². The number of piperidine rings is 1. The summed E-state index contributed by atoms with van der Waals surface area (Å²) >= 11 is 6.46. The third kappa shape index (κ3) is 5.72. The highest BCUT2D eigenvalue weighted by atomic mass is 35.5. The minimum absolute atomic E-state index is 0.256. The van der Waals surface area contributed by atoms with Crippen LogP contribution in [0.15, 0.2) is 18.2 Å². The molecule has 1 aromatic carbocycles. The van der Waals surface area contributed by atoms with Gasteiger partial charge in [0.25, 0.3) is 0 Å². The first-order valence-corrected chi connectivity index (χ1v) is 13.1. The Hall–Kier alpha value is -1.46. The molecule has 2 amide bonds. The molecular formula is C26H40ClN3O2. The van der Waals surface area contributed by atoms with Gasteiger partial charge in [0.1, 0.15) is 5.75 Å². The highest BCUT2D eigenvalue weighted by Crippen LogP contribution is 2.30. The molecule has 5 nitrogen and oxygen atoms in total. The summed E-state index contributed by atoms with van der Waals surface area (Å²) in [4.78, 5) is 19.8. The molecule has 3 aliphatic rings. The second-order valence-corrected chi connectivity index (χ2v) is 10.4. The van der Waals surface area contributed by atoms with Gasteiger partial charge in [0.15, 0.2) is 0 Å². The van der Waals surface area contributed by atoms with E-state index in [1.807, 2.05) is 31.0 Å². The topological polar surface area (TPSA) is 36.0 Å². The molecule has 178 valence electrons. The maximum absolute atomic E-state index is 13.0. The molecule has 32 heavy (non-hydrogen) atoms. The number of likely N-dealkylation sites (N-methyl/N-ethyl adjacent to an activating group) is 1. The van der Waals surface area contributed by atoms with Crippen molar-refractivity contribution in [3.8, 4) is 5.75 Å². The van der Waals surface area contributed by atoms with Gasteiger partial charge in [0.05, 0.1) is 6.61 Å². The van der Waals surface area contributed by atoms with Crippen LogP contribution in [0.25, 0.3) is 0 Å². The Balaban J connectivity index is 1.25. The van der Waals surface area contributed by atoms with E-state index in [0.717, 1.165) is 49.8 Å². The zero-order valence-corrected chi connectivity index (χ0v) is 20.7. The summed E-state index contributed by atoms with van der Waals surface area (Å²) in [7, 11) is 2.02. The van der Waals surface area contributed by atoms with Crippen molar-refractivity contribution in [1.82, 2.24) is 14.7 Å². The third-order valence-corrected chi connectivity index (χ3v) is 8.20. The Morgan fingerprint density at radius 2 is 1.78 bits per heavy atom. The van der Waals surface area contributed by atoms with Crippen LogP contribution in [-0.4, -0.2) is 72.6 Å². The van der Waals surface area contributed by atoms with E-state index in [2.05, 4.69) is 15.9 Å². The van der Waals surface area contributed by atoms with Crippen molar-refractivity contribution in [3.05, 3.63) is 28.8 Å². The molecule has 1 saturated carbocycles. The molecule has 2 saturated heterocycles. The number of urea groups is 1. The predicted molar refractivity (Wildman–Crippen MR) is 131 cm³/mol. The lowest BCUT2D eigenvalue weighted by Crippen LogP contribution is -2.58. The molecule has 0 spiro atoms. The summed E-state index contributed by atoms with van der Waals surface area (Å²) in [5, 5.41) is 0.848. The first-order valence-electron chi connectivity index (χ1n) is 12.7. The van der Waals surface area contributed by atoms with E-state index in [-0.39, 0.29) is 6.03 Å². The van der Waals surface area contributed by atoms with Crippen LogP contribution >= 0.6 is 11.6 Å². The first kappa shape index (κ1) is 23.7. The second kappa shape index (κ2) is 11.1. The van der Waals surface area contributed by atoms with Crippen LogP contribution in [0, 0.1) is 5.92 Å². The van der Waals surface area contributed by atoms with Gasteiger partial charge in [0.2, 0.25) is 0 Å². The average molecular weight is 462 g/mol. The zero-order valence-electron chi connectivity index (χ0n) is 19.9. The van der Waals surface area contributed by atoms with Gasteiger partial charge in [-0.2, -0.15) is 0 Å². The molecule has 0 bridgehead atoms. The van der Waals surface area contributed by atoms with E-state index in [0.29, 0.717) is 24.6 Å². The quantitative estimate of drug-likeness (QED) is 0.541. The second-order valence-electron chi connectivity index (χ2n) is 9.96. The fourth-order valence-electron chi connectivity index (χ4n) is 5.83. The van der Waals surface area contributed by atoms with Gasteiger partial charge in [-0.1, -0.05) is 30.9 Å². The van der Waals surface area contributed by atoms with Crippen molar-refractivity contribution in [1.29, 1.82) is 0 Å². The third-order valence-electron chi connectivity index (χ3n) is 7.83. The molecule has 3 fully saturated rings. The van der Waals surface area contributed by atoms with Crippen molar-refractivity contribution in [3.63, 3.8) is 0 Å². The van der Waals surface area contributed by atoms with Gasteiger partial charge in [-0.3, -0.25) is 0 Å². The number of hydrogen-bond acceptors (Lipinski definition) is 3. The minimum atomic E-state index is 0.256. The summed E-state index contributed by atoms with van der Waals surface area (Å²) in [6.45, 7) is 6.85. The smallest absolute Gasteiger partial charge is 0.320 e. The van der Waals surface area contributed by atoms with Crippen LogP contribution in [0.5, 0.6) is 5.75 Å². The molecule has 6 heteroatoms.